The topological polar surface area (TPSA) is 88.5 Å². The van der Waals surface area contributed by atoms with Gasteiger partial charge in [0.15, 0.2) is 11.5 Å². The van der Waals surface area contributed by atoms with E-state index in [0.29, 0.717) is 43.5 Å². The molecular formula is C25H32N2O6. The van der Waals surface area contributed by atoms with E-state index in [-0.39, 0.29) is 11.6 Å². The van der Waals surface area contributed by atoms with Crippen LogP contribution in [0, 0.1) is 0 Å². The lowest BCUT2D eigenvalue weighted by molar-refractivity contribution is 0.0696. The first-order valence-electron chi connectivity index (χ1n) is 11.3. The summed E-state index contributed by atoms with van der Waals surface area (Å²) in [4.78, 5) is 28.0. The van der Waals surface area contributed by atoms with Crippen LogP contribution in [0.1, 0.15) is 48.5 Å². The number of carbonyl (C=O) groups excluding carboxylic acids is 1. The first kappa shape index (κ1) is 24.2. The number of aromatic carboxylic acids is 1. The number of hydrogen-bond acceptors (Lipinski definition) is 5. The molecule has 1 aliphatic rings. The van der Waals surface area contributed by atoms with Crippen molar-refractivity contribution in [2.24, 2.45) is 0 Å². The maximum Gasteiger partial charge on any atom is 0.335 e. The largest absolute Gasteiger partial charge is 0.496 e. The van der Waals surface area contributed by atoms with Gasteiger partial charge >= 0.3 is 12.0 Å². The molecule has 2 amide bonds. The van der Waals surface area contributed by atoms with Crippen LogP contribution in [0.5, 0.6) is 17.2 Å². The molecule has 0 aromatic heterocycles. The Labute approximate surface area is 194 Å². The normalized spacial score (nSPS) is 13.7. The molecule has 1 N–H and O–H groups in total. The number of carboxylic acid groups (broad SMARTS) is 1. The van der Waals surface area contributed by atoms with Crippen molar-refractivity contribution >= 4 is 17.7 Å². The van der Waals surface area contributed by atoms with Crippen LogP contribution in [-0.2, 0) is 6.54 Å². The van der Waals surface area contributed by atoms with Crippen LogP contribution in [-0.4, -0.2) is 55.9 Å². The van der Waals surface area contributed by atoms with E-state index in [1.54, 1.807) is 23.0 Å². The summed E-state index contributed by atoms with van der Waals surface area (Å²) >= 11 is 0. The summed E-state index contributed by atoms with van der Waals surface area (Å²) in [7, 11) is 3.10. The molecule has 0 unspecified atom stereocenters. The number of nitrogens with zero attached hydrogens (tertiary/aromatic N) is 2. The second kappa shape index (κ2) is 11.4. The number of anilines is 1. The zero-order valence-electron chi connectivity index (χ0n) is 19.5. The van der Waals surface area contributed by atoms with Crippen LogP contribution in [0.4, 0.5) is 10.5 Å². The lowest BCUT2D eigenvalue weighted by Gasteiger charge is -2.36. The Balaban J connectivity index is 1.77. The van der Waals surface area contributed by atoms with Crippen molar-refractivity contribution in [3.63, 3.8) is 0 Å². The molecule has 0 aliphatic carbocycles. The predicted molar refractivity (Wildman–Crippen MR) is 126 cm³/mol. The van der Waals surface area contributed by atoms with Crippen LogP contribution < -0.4 is 19.1 Å². The van der Waals surface area contributed by atoms with Crippen molar-refractivity contribution in [2.75, 3.05) is 38.8 Å². The van der Waals surface area contributed by atoms with Gasteiger partial charge < -0.3 is 24.2 Å². The molecule has 0 saturated carbocycles. The molecule has 178 valence electrons. The Bertz CT molecular complexity index is 977. The minimum absolute atomic E-state index is 0.118. The molecule has 8 nitrogen and oxygen atoms in total. The predicted octanol–water partition coefficient (Wildman–Crippen LogP) is 4.80. The maximum absolute atomic E-state index is 13.3. The number of hydrogen-bond donors (Lipinski definition) is 1. The lowest BCUT2D eigenvalue weighted by atomic mass is 10.1. The summed E-state index contributed by atoms with van der Waals surface area (Å²) in [6.07, 6.45) is 3.98. The molecule has 33 heavy (non-hydrogen) atoms. The van der Waals surface area contributed by atoms with Gasteiger partial charge in [0.05, 0.1) is 32.9 Å². The van der Waals surface area contributed by atoms with E-state index in [4.69, 9.17) is 14.2 Å². The van der Waals surface area contributed by atoms with E-state index < -0.39 is 5.97 Å². The second-order valence-corrected chi connectivity index (χ2v) is 7.93. The summed E-state index contributed by atoms with van der Waals surface area (Å²) in [5, 5.41) is 9.21. The molecule has 2 aromatic rings. The Morgan fingerprint density at radius 2 is 1.79 bits per heavy atom. The van der Waals surface area contributed by atoms with Crippen molar-refractivity contribution in [3.8, 4) is 17.2 Å². The Morgan fingerprint density at radius 1 is 1.00 bits per heavy atom. The van der Waals surface area contributed by atoms with E-state index in [1.807, 2.05) is 18.2 Å². The SMILES string of the molecule is CCCCCOc1cc(N2CCCN(Cc3ccc(C(=O)O)cc3OC)C2=O)ccc1OC. The highest BCUT2D eigenvalue weighted by atomic mass is 16.5. The van der Waals surface area contributed by atoms with Crippen LogP contribution >= 0.6 is 0 Å². The van der Waals surface area contributed by atoms with Gasteiger partial charge in [-0.05, 0) is 37.1 Å². The van der Waals surface area contributed by atoms with Crippen molar-refractivity contribution in [1.29, 1.82) is 0 Å². The number of carboxylic acids is 1. The maximum atomic E-state index is 13.3. The van der Waals surface area contributed by atoms with Crippen LogP contribution in [0.25, 0.3) is 0 Å². The molecule has 2 aromatic carbocycles. The van der Waals surface area contributed by atoms with Gasteiger partial charge in [-0.1, -0.05) is 25.8 Å². The minimum Gasteiger partial charge on any atom is -0.496 e. The molecule has 1 aliphatic heterocycles. The molecule has 0 radical (unpaired) electrons. The van der Waals surface area contributed by atoms with E-state index in [2.05, 4.69) is 6.92 Å². The van der Waals surface area contributed by atoms with Crippen molar-refractivity contribution in [3.05, 3.63) is 47.5 Å². The Morgan fingerprint density at radius 3 is 2.48 bits per heavy atom. The zero-order chi connectivity index (χ0) is 23.8. The average Bonchev–Trinajstić information content (AvgIpc) is 2.83. The van der Waals surface area contributed by atoms with E-state index in [9.17, 15) is 14.7 Å². The van der Waals surface area contributed by atoms with Gasteiger partial charge in [-0.3, -0.25) is 4.90 Å². The minimum atomic E-state index is -1.02. The Hall–Kier alpha value is -3.42. The van der Waals surface area contributed by atoms with Gasteiger partial charge in [0.1, 0.15) is 5.75 Å². The van der Waals surface area contributed by atoms with Gasteiger partial charge in [0, 0.05) is 30.4 Å². The van der Waals surface area contributed by atoms with Gasteiger partial charge in [-0.25, -0.2) is 9.59 Å². The molecule has 1 heterocycles. The fourth-order valence-electron chi connectivity index (χ4n) is 3.86. The number of urea groups is 1. The number of unbranched alkanes of at least 4 members (excludes halogenated alkanes) is 2. The lowest BCUT2D eigenvalue weighted by Crippen LogP contribution is -2.49. The third-order valence-electron chi connectivity index (χ3n) is 5.67. The molecule has 0 atom stereocenters. The fraction of sp³-hybridized carbons (Fsp3) is 0.440. The quantitative estimate of drug-likeness (QED) is 0.489. The second-order valence-electron chi connectivity index (χ2n) is 7.93. The van der Waals surface area contributed by atoms with E-state index in [0.717, 1.165) is 36.9 Å². The number of methoxy groups -OCH3 is 2. The zero-order valence-corrected chi connectivity index (χ0v) is 19.5. The van der Waals surface area contributed by atoms with E-state index in [1.165, 1.54) is 19.2 Å². The van der Waals surface area contributed by atoms with Crippen molar-refractivity contribution in [1.82, 2.24) is 4.90 Å². The van der Waals surface area contributed by atoms with Crippen molar-refractivity contribution < 1.29 is 28.9 Å². The first-order valence-corrected chi connectivity index (χ1v) is 11.3. The van der Waals surface area contributed by atoms with Crippen molar-refractivity contribution in [2.45, 2.75) is 39.2 Å². The first-order chi connectivity index (χ1) is 16.0. The third-order valence-corrected chi connectivity index (χ3v) is 5.67. The van der Waals surface area contributed by atoms with Crippen LogP contribution in [0.3, 0.4) is 0 Å². The molecule has 3 rings (SSSR count). The number of amides is 2. The fourth-order valence-corrected chi connectivity index (χ4v) is 3.86. The molecular weight excluding hydrogens is 424 g/mol. The smallest absolute Gasteiger partial charge is 0.335 e. The monoisotopic (exact) mass is 456 g/mol. The molecule has 1 saturated heterocycles. The molecule has 0 spiro atoms. The van der Waals surface area contributed by atoms with Crippen LogP contribution in [0.15, 0.2) is 36.4 Å². The highest BCUT2D eigenvalue weighted by molar-refractivity contribution is 5.93. The van der Waals surface area contributed by atoms with Crippen LogP contribution in [0.2, 0.25) is 0 Å². The molecule has 0 bridgehead atoms. The summed E-state index contributed by atoms with van der Waals surface area (Å²) in [6, 6.07) is 10.1. The highest BCUT2D eigenvalue weighted by Gasteiger charge is 2.28. The summed E-state index contributed by atoms with van der Waals surface area (Å²) < 4.78 is 16.7. The van der Waals surface area contributed by atoms with Gasteiger partial charge in [-0.2, -0.15) is 0 Å². The number of carbonyl (C=O) groups is 2. The average molecular weight is 457 g/mol. The summed E-state index contributed by atoms with van der Waals surface area (Å²) in [5.74, 6) is 0.695. The highest BCUT2D eigenvalue weighted by Crippen LogP contribution is 2.34. The van der Waals surface area contributed by atoms with Gasteiger partial charge in [0.25, 0.3) is 0 Å². The molecule has 1 fully saturated rings. The Kier molecular flexibility index (Phi) is 8.40. The number of rotatable bonds is 11. The van der Waals surface area contributed by atoms with Gasteiger partial charge in [0.2, 0.25) is 0 Å². The standard InChI is InChI=1S/C25H32N2O6/c1-4-5-6-14-33-23-16-20(10-11-21(23)31-2)27-13-7-12-26(25(27)30)17-19-9-8-18(24(28)29)15-22(19)32-3/h8-11,15-16H,4-7,12-14,17H2,1-3H3,(H,28,29). The molecule has 8 heteroatoms. The van der Waals surface area contributed by atoms with Gasteiger partial charge in [-0.15, -0.1) is 0 Å². The van der Waals surface area contributed by atoms with E-state index >= 15 is 0 Å². The number of ether oxygens (including phenoxy) is 3. The summed E-state index contributed by atoms with van der Waals surface area (Å²) in [5.41, 5.74) is 1.66. The third kappa shape index (κ3) is 5.88. The summed E-state index contributed by atoms with van der Waals surface area (Å²) in [6.45, 7) is 4.28. The number of benzene rings is 2.